The molecule has 0 saturated carbocycles. The topological polar surface area (TPSA) is 81.7 Å². The van der Waals surface area contributed by atoms with Crippen LogP contribution in [0.5, 0.6) is 11.5 Å². The van der Waals surface area contributed by atoms with E-state index in [4.69, 9.17) is 9.47 Å². The summed E-state index contributed by atoms with van der Waals surface area (Å²) in [6, 6.07) is 20.8. The Bertz CT molecular complexity index is 1280. The molecule has 4 rings (SSSR count). The summed E-state index contributed by atoms with van der Waals surface area (Å²) in [5.74, 6) is 0.594. The van der Waals surface area contributed by atoms with E-state index in [2.05, 4.69) is 11.4 Å². The Balaban J connectivity index is 1.47. The number of hydrogen-bond acceptors (Lipinski definition) is 6. The van der Waals surface area contributed by atoms with Gasteiger partial charge in [-0.2, -0.15) is 0 Å². The summed E-state index contributed by atoms with van der Waals surface area (Å²) >= 11 is 1.02. The summed E-state index contributed by atoms with van der Waals surface area (Å²) in [4.78, 5) is 35.6. The first kappa shape index (κ1) is 24.3. The predicted molar refractivity (Wildman–Crippen MR) is 137 cm³/mol. The van der Waals surface area contributed by atoms with Crippen molar-refractivity contribution in [2.75, 3.05) is 7.11 Å². The third-order valence-electron chi connectivity index (χ3n) is 5.47. The van der Waals surface area contributed by atoms with Crippen LogP contribution in [0.15, 0.2) is 66.7 Å². The van der Waals surface area contributed by atoms with Crippen molar-refractivity contribution in [2.24, 2.45) is 0 Å². The molecule has 0 bridgehead atoms. The van der Waals surface area contributed by atoms with E-state index < -0.39 is 11.2 Å². The van der Waals surface area contributed by atoms with Gasteiger partial charge >= 0.3 is 5.97 Å². The highest BCUT2D eigenvalue weighted by atomic mass is 32.2. The number of imide groups is 1. The highest BCUT2D eigenvalue weighted by Gasteiger charge is 2.31. The molecule has 1 fully saturated rings. The quantitative estimate of drug-likeness (QED) is 0.261. The second-order valence-electron chi connectivity index (χ2n) is 8.33. The van der Waals surface area contributed by atoms with E-state index in [1.54, 1.807) is 12.1 Å². The standard InChI is InChI=1S/C28H25NO5S/c1-17-12-18(2)14-20(13-17)15-24(27(31)33-3)21-6-10-23(11-7-21)34-22-8-4-19(5-9-22)16-25-26(30)29-28(32)35-25/h4-15,25H,16H2,1-3H3,(H,29,30,32). The maximum atomic E-state index is 12.5. The van der Waals surface area contributed by atoms with Crippen LogP contribution in [0.25, 0.3) is 11.6 Å². The number of benzene rings is 3. The number of hydrogen-bond donors (Lipinski definition) is 1. The lowest BCUT2D eigenvalue weighted by Crippen LogP contribution is -2.25. The molecule has 3 aromatic rings. The van der Waals surface area contributed by atoms with E-state index in [0.717, 1.165) is 39.6 Å². The van der Waals surface area contributed by atoms with Gasteiger partial charge in [-0.15, -0.1) is 0 Å². The fourth-order valence-electron chi connectivity index (χ4n) is 3.90. The Morgan fingerprint density at radius 3 is 2.09 bits per heavy atom. The van der Waals surface area contributed by atoms with Crippen molar-refractivity contribution in [1.29, 1.82) is 0 Å². The van der Waals surface area contributed by atoms with Gasteiger partial charge in [0.1, 0.15) is 11.5 Å². The van der Waals surface area contributed by atoms with Crippen molar-refractivity contribution in [2.45, 2.75) is 25.5 Å². The molecule has 178 valence electrons. The van der Waals surface area contributed by atoms with Gasteiger partial charge in [0, 0.05) is 0 Å². The number of nitrogens with one attached hydrogen (secondary N) is 1. The lowest BCUT2D eigenvalue weighted by molar-refractivity contribution is -0.133. The van der Waals surface area contributed by atoms with E-state index in [1.807, 2.05) is 68.5 Å². The summed E-state index contributed by atoms with van der Waals surface area (Å²) in [7, 11) is 1.37. The molecular formula is C28H25NO5S. The molecule has 1 unspecified atom stereocenters. The van der Waals surface area contributed by atoms with Gasteiger partial charge in [0.05, 0.1) is 17.9 Å². The molecule has 0 aliphatic carbocycles. The number of carbonyl (C=O) groups is 3. The molecule has 1 N–H and O–H groups in total. The molecule has 2 amide bonds. The van der Waals surface area contributed by atoms with E-state index in [-0.39, 0.29) is 11.1 Å². The Kier molecular flexibility index (Phi) is 7.36. The van der Waals surface area contributed by atoms with Crippen LogP contribution < -0.4 is 10.1 Å². The highest BCUT2D eigenvalue weighted by Crippen LogP contribution is 2.28. The average Bonchev–Trinajstić information content (AvgIpc) is 3.14. The van der Waals surface area contributed by atoms with Crippen LogP contribution in [0.1, 0.15) is 27.8 Å². The molecule has 1 saturated heterocycles. The van der Waals surface area contributed by atoms with Crippen molar-refractivity contribution in [3.05, 3.63) is 94.5 Å². The van der Waals surface area contributed by atoms with Crippen LogP contribution in [0.3, 0.4) is 0 Å². The van der Waals surface area contributed by atoms with Gasteiger partial charge in [0.25, 0.3) is 5.24 Å². The number of amides is 2. The number of rotatable bonds is 7. The second kappa shape index (κ2) is 10.6. The predicted octanol–water partition coefficient (Wildman–Crippen LogP) is 5.70. The van der Waals surface area contributed by atoms with Gasteiger partial charge < -0.3 is 9.47 Å². The van der Waals surface area contributed by atoms with E-state index in [1.165, 1.54) is 7.11 Å². The molecule has 1 aliphatic rings. The molecule has 1 atom stereocenters. The fourth-order valence-corrected chi connectivity index (χ4v) is 4.76. The molecule has 1 heterocycles. The number of methoxy groups -OCH3 is 1. The summed E-state index contributed by atoms with van der Waals surface area (Å²) in [5.41, 5.74) is 5.29. The molecule has 0 radical (unpaired) electrons. The largest absolute Gasteiger partial charge is 0.465 e. The summed E-state index contributed by atoms with van der Waals surface area (Å²) in [6.07, 6.45) is 2.30. The minimum Gasteiger partial charge on any atom is -0.465 e. The monoisotopic (exact) mass is 487 g/mol. The van der Waals surface area contributed by atoms with Crippen LogP contribution in [-0.4, -0.2) is 29.5 Å². The van der Waals surface area contributed by atoms with Crippen molar-refractivity contribution >= 4 is 40.5 Å². The van der Waals surface area contributed by atoms with Gasteiger partial charge in [-0.05, 0) is 67.3 Å². The molecule has 35 heavy (non-hydrogen) atoms. The van der Waals surface area contributed by atoms with Crippen LogP contribution in [0.2, 0.25) is 0 Å². The van der Waals surface area contributed by atoms with Gasteiger partial charge in [-0.3, -0.25) is 14.9 Å². The molecule has 0 spiro atoms. The first-order valence-electron chi connectivity index (χ1n) is 11.1. The summed E-state index contributed by atoms with van der Waals surface area (Å²) < 4.78 is 11.0. The normalized spacial score (nSPS) is 15.6. The summed E-state index contributed by atoms with van der Waals surface area (Å²) in [6.45, 7) is 4.04. The summed E-state index contributed by atoms with van der Waals surface area (Å²) in [5, 5.41) is 1.60. The van der Waals surface area contributed by atoms with Gasteiger partial charge in [0.2, 0.25) is 5.91 Å². The van der Waals surface area contributed by atoms with Gasteiger partial charge in [-0.1, -0.05) is 65.4 Å². The number of carbonyl (C=O) groups excluding carboxylic acids is 3. The Morgan fingerprint density at radius 1 is 0.943 bits per heavy atom. The minimum atomic E-state index is -0.413. The highest BCUT2D eigenvalue weighted by molar-refractivity contribution is 8.15. The van der Waals surface area contributed by atoms with Crippen molar-refractivity contribution in [1.82, 2.24) is 5.32 Å². The molecule has 1 aliphatic heterocycles. The molecule has 7 heteroatoms. The van der Waals surface area contributed by atoms with Gasteiger partial charge in [-0.25, -0.2) is 4.79 Å². The fraction of sp³-hybridized carbons (Fsp3) is 0.179. The van der Waals surface area contributed by atoms with Crippen LogP contribution in [-0.2, 0) is 20.7 Å². The minimum absolute atomic E-state index is 0.252. The molecule has 3 aromatic carbocycles. The van der Waals surface area contributed by atoms with Crippen molar-refractivity contribution < 1.29 is 23.9 Å². The molecular weight excluding hydrogens is 462 g/mol. The van der Waals surface area contributed by atoms with Crippen LogP contribution >= 0.6 is 11.8 Å². The number of ether oxygens (including phenoxy) is 2. The molecule has 6 nitrogen and oxygen atoms in total. The first-order valence-corrected chi connectivity index (χ1v) is 12.0. The Labute approximate surface area is 208 Å². The third kappa shape index (κ3) is 6.19. The lowest BCUT2D eigenvalue weighted by atomic mass is 10.0. The van der Waals surface area contributed by atoms with Crippen LogP contribution in [0, 0.1) is 13.8 Å². The van der Waals surface area contributed by atoms with Crippen LogP contribution in [0.4, 0.5) is 4.79 Å². The number of aryl methyl sites for hydroxylation is 2. The second-order valence-corrected chi connectivity index (χ2v) is 9.50. The first-order chi connectivity index (χ1) is 16.8. The zero-order valence-corrected chi connectivity index (χ0v) is 20.5. The zero-order valence-electron chi connectivity index (χ0n) is 19.7. The maximum Gasteiger partial charge on any atom is 0.338 e. The molecule has 0 aromatic heterocycles. The third-order valence-corrected chi connectivity index (χ3v) is 6.45. The van der Waals surface area contributed by atoms with Gasteiger partial charge in [0.15, 0.2) is 0 Å². The Morgan fingerprint density at radius 2 is 1.54 bits per heavy atom. The van der Waals surface area contributed by atoms with E-state index in [0.29, 0.717) is 23.5 Å². The van der Waals surface area contributed by atoms with Crippen molar-refractivity contribution in [3.63, 3.8) is 0 Å². The van der Waals surface area contributed by atoms with E-state index in [9.17, 15) is 14.4 Å². The zero-order chi connectivity index (χ0) is 24.9. The average molecular weight is 488 g/mol. The Hall–Kier alpha value is -3.84. The SMILES string of the molecule is COC(=O)C(=Cc1cc(C)cc(C)c1)c1ccc(Oc2ccc(CC3SC(=O)NC3=O)cc2)cc1. The number of esters is 1. The smallest absolute Gasteiger partial charge is 0.338 e. The van der Waals surface area contributed by atoms with E-state index >= 15 is 0 Å². The van der Waals surface area contributed by atoms with Crippen molar-refractivity contribution in [3.8, 4) is 11.5 Å². The maximum absolute atomic E-state index is 12.5. The number of thioether (sulfide) groups is 1. The lowest BCUT2D eigenvalue weighted by Gasteiger charge is -2.10.